The molecule has 2 aromatic rings. The number of hydrogen-bond donors (Lipinski definition) is 1. The lowest BCUT2D eigenvalue weighted by Crippen LogP contribution is -2.01. The van der Waals surface area contributed by atoms with E-state index in [0.717, 1.165) is 11.1 Å². The van der Waals surface area contributed by atoms with Crippen LogP contribution in [0.1, 0.15) is 22.3 Å². The van der Waals surface area contributed by atoms with Crippen LogP contribution in [0.2, 0.25) is 0 Å². The number of aryl methyl sites for hydroxylation is 1. The predicted octanol–water partition coefficient (Wildman–Crippen LogP) is 3.22. The predicted molar refractivity (Wildman–Crippen MR) is 92.4 cm³/mol. The Labute approximate surface area is 145 Å². The first-order valence-electron chi connectivity index (χ1n) is 7.82. The third kappa shape index (κ3) is 2.63. The molecule has 0 amide bonds. The van der Waals surface area contributed by atoms with Crippen molar-refractivity contribution in [1.82, 2.24) is 0 Å². The van der Waals surface area contributed by atoms with Gasteiger partial charge >= 0.3 is 0 Å². The number of fused-ring (bicyclic) bond motifs is 3. The number of carbonyl (C=O) groups is 1. The van der Waals surface area contributed by atoms with E-state index in [0.29, 0.717) is 41.2 Å². The summed E-state index contributed by atoms with van der Waals surface area (Å²) in [5.41, 5.74) is 2.74. The number of ether oxygens (including phenoxy) is 4. The van der Waals surface area contributed by atoms with Crippen molar-refractivity contribution in [3.05, 3.63) is 29.3 Å². The molecule has 0 aromatic heterocycles. The van der Waals surface area contributed by atoms with Crippen LogP contribution in [-0.4, -0.2) is 39.3 Å². The number of Topliss-reactive ketones (excluding diaryl/α,β-unsaturated/α-hetero) is 1. The van der Waals surface area contributed by atoms with Crippen molar-refractivity contribution < 1.29 is 28.8 Å². The first-order chi connectivity index (χ1) is 12.0. The molecule has 0 fully saturated rings. The number of phenols is 1. The molecule has 0 heterocycles. The lowest BCUT2D eigenvalue weighted by molar-refractivity contribution is 0.0984. The Hall–Kier alpha value is -2.89. The van der Waals surface area contributed by atoms with Gasteiger partial charge in [0.1, 0.15) is 0 Å². The second-order valence-corrected chi connectivity index (χ2v) is 5.67. The highest BCUT2D eigenvalue weighted by atomic mass is 16.5. The Kier molecular flexibility index (Phi) is 4.44. The highest BCUT2D eigenvalue weighted by Crippen LogP contribution is 2.50. The molecule has 1 N–H and O–H groups in total. The number of rotatable bonds is 4. The molecule has 3 rings (SSSR count). The van der Waals surface area contributed by atoms with Crippen LogP contribution in [0.5, 0.6) is 28.7 Å². The molecular formula is C19H20O6. The van der Waals surface area contributed by atoms with Crippen LogP contribution in [0, 0.1) is 0 Å². The summed E-state index contributed by atoms with van der Waals surface area (Å²) in [6.45, 7) is 0. The first kappa shape index (κ1) is 17.0. The van der Waals surface area contributed by atoms with Gasteiger partial charge in [0.25, 0.3) is 0 Å². The van der Waals surface area contributed by atoms with Crippen molar-refractivity contribution in [3.63, 3.8) is 0 Å². The van der Waals surface area contributed by atoms with E-state index in [1.54, 1.807) is 20.3 Å². The van der Waals surface area contributed by atoms with Crippen molar-refractivity contribution in [3.8, 4) is 39.9 Å². The SMILES string of the molecule is COc1cc2c(cc1O)C(=O)CCc1cc(OC)c(OC)c(OC)c1-2. The van der Waals surface area contributed by atoms with Gasteiger partial charge in [-0.2, -0.15) is 0 Å². The minimum absolute atomic E-state index is 0.0517. The van der Waals surface area contributed by atoms with E-state index in [1.165, 1.54) is 20.3 Å². The van der Waals surface area contributed by atoms with E-state index >= 15 is 0 Å². The van der Waals surface area contributed by atoms with Gasteiger partial charge in [0.15, 0.2) is 28.8 Å². The van der Waals surface area contributed by atoms with Gasteiger partial charge in [0.2, 0.25) is 5.75 Å². The highest BCUT2D eigenvalue weighted by Gasteiger charge is 2.29. The first-order valence-corrected chi connectivity index (χ1v) is 7.82. The maximum Gasteiger partial charge on any atom is 0.203 e. The van der Waals surface area contributed by atoms with Crippen LogP contribution >= 0.6 is 0 Å². The summed E-state index contributed by atoms with van der Waals surface area (Å²) in [7, 11) is 6.10. The maximum absolute atomic E-state index is 12.6. The quantitative estimate of drug-likeness (QED) is 0.918. The van der Waals surface area contributed by atoms with Gasteiger partial charge in [0, 0.05) is 23.1 Å². The minimum Gasteiger partial charge on any atom is -0.504 e. The fraction of sp³-hybridized carbons (Fsp3) is 0.316. The van der Waals surface area contributed by atoms with Crippen LogP contribution in [-0.2, 0) is 6.42 Å². The molecule has 1 aliphatic carbocycles. The maximum atomic E-state index is 12.6. The number of benzene rings is 2. The normalized spacial score (nSPS) is 12.7. The second kappa shape index (κ2) is 6.55. The number of aromatic hydroxyl groups is 1. The highest BCUT2D eigenvalue weighted by molar-refractivity contribution is 6.06. The van der Waals surface area contributed by atoms with Gasteiger partial charge in [-0.3, -0.25) is 4.79 Å². The van der Waals surface area contributed by atoms with Crippen molar-refractivity contribution >= 4 is 5.78 Å². The van der Waals surface area contributed by atoms with Gasteiger partial charge in [-0.05, 0) is 30.2 Å². The average Bonchev–Trinajstić information content (AvgIpc) is 2.76. The number of hydrogen-bond acceptors (Lipinski definition) is 6. The van der Waals surface area contributed by atoms with E-state index in [9.17, 15) is 9.90 Å². The van der Waals surface area contributed by atoms with Crippen LogP contribution in [0.25, 0.3) is 11.1 Å². The average molecular weight is 344 g/mol. The van der Waals surface area contributed by atoms with Crippen molar-refractivity contribution in [2.24, 2.45) is 0 Å². The van der Waals surface area contributed by atoms with Crippen molar-refractivity contribution in [2.75, 3.05) is 28.4 Å². The molecule has 0 radical (unpaired) electrons. The summed E-state index contributed by atoms with van der Waals surface area (Å²) < 4.78 is 21.7. The molecular weight excluding hydrogens is 324 g/mol. The van der Waals surface area contributed by atoms with E-state index in [-0.39, 0.29) is 17.3 Å². The fourth-order valence-electron chi connectivity index (χ4n) is 3.25. The Morgan fingerprint density at radius 1 is 0.800 bits per heavy atom. The van der Waals surface area contributed by atoms with E-state index in [4.69, 9.17) is 18.9 Å². The summed E-state index contributed by atoms with van der Waals surface area (Å²) in [4.78, 5) is 12.6. The zero-order chi connectivity index (χ0) is 18.1. The summed E-state index contributed by atoms with van der Waals surface area (Å²) in [6, 6.07) is 4.96. The smallest absolute Gasteiger partial charge is 0.203 e. The molecule has 0 bridgehead atoms. The third-order valence-corrected chi connectivity index (χ3v) is 4.42. The molecule has 25 heavy (non-hydrogen) atoms. The number of phenolic OH excluding ortho intramolecular Hbond substituents is 1. The van der Waals surface area contributed by atoms with Crippen LogP contribution in [0.15, 0.2) is 18.2 Å². The molecule has 1 aliphatic rings. The van der Waals surface area contributed by atoms with E-state index in [1.807, 2.05) is 6.07 Å². The third-order valence-electron chi connectivity index (χ3n) is 4.42. The molecule has 0 aliphatic heterocycles. The zero-order valence-electron chi connectivity index (χ0n) is 14.6. The van der Waals surface area contributed by atoms with Gasteiger partial charge < -0.3 is 24.1 Å². The summed E-state index contributed by atoms with van der Waals surface area (Å²) in [5, 5.41) is 10.1. The largest absolute Gasteiger partial charge is 0.504 e. The Bertz CT molecular complexity index is 841. The lowest BCUT2D eigenvalue weighted by Gasteiger charge is -2.20. The standard InChI is InChI=1S/C19H20O6/c1-22-15-9-12-11(8-14(15)21)13(20)6-5-10-7-16(23-2)18(24-3)19(25-4)17(10)12/h7-9,21H,5-6H2,1-4H3. The fourth-order valence-corrected chi connectivity index (χ4v) is 3.25. The van der Waals surface area contributed by atoms with Gasteiger partial charge in [-0.1, -0.05) is 0 Å². The van der Waals surface area contributed by atoms with Gasteiger partial charge in [0.05, 0.1) is 28.4 Å². The summed E-state index contributed by atoms with van der Waals surface area (Å²) in [5.74, 6) is 1.65. The molecule has 0 unspecified atom stereocenters. The Balaban J connectivity index is 2.41. The summed E-state index contributed by atoms with van der Waals surface area (Å²) in [6.07, 6.45) is 0.854. The monoisotopic (exact) mass is 344 g/mol. The number of ketones is 1. The topological polar surface area (TPSA) is 74.2 Å². The molecule has 6 heteroatoms. The van der Waals surface area contributed by atoms with E-state index in [2.05, 4.69) is 0 Å². The van der Waals surface area contributed by atoms with E-state index < -0.39 is 0 Å². The Morgan fingerprint density at radius 2 is 1.48 bits per heavy atom. The van der Waals surface area contributed by atoms with Crippen LogP contribution in [0.4, 0.5) is 0 Å². The second-order valence-electron chi connectivity index (χ2n) is 5.67. The molecule has 2 aromatic carbocycles. The van der Waals surface area contributed by atoms with Crippen LogP contribution < -0.4 is 18.9 Å². The molecule has 0 saturated carbocycles. The Morgan fingerprint density at radius 3 is 2.08 bits per heavy atom. The van der Waals surface area contributed by atoms with Crippen molar-refractivity contribution in [1.29, 1.82) is 0 Å². The molecule has 0 spiro atoms. The van der Waals surface area contributed by atoms with Crippen molar-refractivity contribution in [2.45, 2.75) is 12.8 Å². The van der Waals surface area contributed by atoms with Gasteiger partial charge in [-0.25, -0.2) is 0 Å². The molecule has 6 nitrogen and oxygen atoms in total. The zero-order valence-corrected chi connectivity index (χ0v) is 14.6. The lowest BCUT2D eigenvalue weighted by atomic mass is 9.94. The number of carbonyl (C=O) groups excluding carboxylic acids is 1. The van der Waals surface area contributed by atoms with Gasteiger partial charge in [-0.15, -0.1) is 0 Å². The summed E-state index contributed by atoms with van der Waals surface area (Å²) >= 11 is 0. The minimum atomic E-state index is -0.0718. The molecule has 0 saturated heterocycles. The molecule has 132 valence electrons. The van der Waals surface area contributed by atoms with Crippen LogP contribution in [0.3, 0.4) is 0 Å². The number of methoxy groups -OCH3 is 4. The molecule has 0 atom stereocenters.